The molecular weight excluding hydrogens is 338 g/mol. The Morgan fingerprint density at radius 2 is 2.40 bits per heavy atom. The number of nitrogens with zero attached hydrogens (tertiary/aromatic N) is 3. The van der Waals surface area contributed by atoms with E-state index >= 15 is 0 Å². The molecule has 1 amide bonds. The highest BCUT2D eigenvalue weighted by molar-refractivity contribution is 7.07. The first-order chi connectivity index (χ1) is 12.3. The Morgan fingerprint density at radius 1 is 1.44 bits per heavy atom. The van der Waals surface area contributed by atoms with Gasteiger partial charge in [-0.15, -0.1) is 11.3 Å². The zero-order valence-electron chi connectivity index (χ0n) is 14.0. The molecule has 0 bridgehead atoms. The van der Waals surface area contributed by atoms with Crippen LogP contribution < -0.4 is 4.74 Å². The SMILES string of the molecule is O=C(c1cscn1)N1CC[C@H]2OCCC[C@]2(COc2ccccn2)C1. The Hall–Kier alpha value is -1.99. The third kappa shape index (κ3) is 3.39. The number of amides is 1. The maximum Gasteiger partial charge on any atom is 0.273 e. The van der Waals surface area contributed by atoms with Crippen LogP contribution in [0.25, 0.3) is 0 Å². The van der Waals surface area contributed by atoms with Gasteiger partial charge in [0.05, 0.1) is 18.2 Å². The van der Waals surface area contributed by atoms with E-state index in [4.69, 9.17) is 9.47 Å². The van der Waals surface area contributed by atoms with Gasteiger partial charge in [0.1, 0.15) is 5.69 Å². The van der Waals surface area contributed by atoms with Crippen LogP contribution >= 0.6 is 11.3 Å². The number of carbonyl (C=O) groups is 1. The van der Waals surface area contributed by atoms with E-state index in [1.165, 1.54) is 11.3 Å². The largest absolute Gasteiger partial charge is 0.477 e. The van der Waals surface area contributed by atoms with Crippen molar-refractivity contribution in [2.75, 3.05) is 26.3 Å². The highest BCUT2D eigenvalue weighted by Gasteiger charge is 2.48. The molecular formula is C18H21N3O3S. The fraction of sp³-hybridized carbons (Fsp3) is 0.500. The minimum absolute atomic E-state index is 0.00230. The van der Waals surface area contributed by atoms with Gasteiger partial charge >= 0.3 is 0 Å². The van der Waals surface area contributed by atoms with E-state index in [1.54, 1.807) is 11.7 Å². The summed E-state index contributed by atoms with van der Waals surface area (Å²) in [6.45, 7) is 2.64. The maximum atomic E-state index is 12.7. The van der Waals surface area contributed by atoms with Crippen molar-refractivity contribution in [1.29, 1.82) is 0 Å². The summed E-state index contributed by atoms with van der Waals surface area (Å²) >= 11 is 1.45. The van der Waals surface area contributed by atoms with Gasteiger partial charge in [0.15, 0.2) is 0 Å². The number of thiazole rings is 1. The van der Waals surface area contributed by atoms with Crippen LogP contribution in [0.4, 0.5) is 0 Å². The van der Waals surface area contributed by atoms with E-state index in [0.717, 1.165) is 25.9 Å². The summed E-state index contributed by atoms with van der Waals surface area (Å²) in [5, 5.41) is 1.81. The average Bonchev–Trinajstić information content (AvgIpc) is 3.21. The Labute approximate surface area is 150 Å². The number of aromatic nitrogens is 2. The monoisotopic (exact) mass is 359 g/mol. The van der Waals surface area contributed by atoms with Crippen molar-refractivity contribution in [2.24, 2.45) is 5.41 Å². The van der Waals surface area contributed by atoms with Gasteiger partial charge in [-0.25, -0.2) is 9.97 Å². The van der Waals surface area contributed by atoms with E-state index in [2.05, 4.69) is 9.97 Å². The van der Waals surface area contributed by atoms with Gasteiger partial charge in [-0.1, -0.05) is 6.07 Å². The molecule has 2 saturated heterocycles. The topological polar surface area (TPSA) is 64.6 Å². The predicted molar refractivity (Wildman–Crippen MR) is 93.8 cm³/mol. The van der Waals surface area contributed by atoms with Crippen LogP contribution in [-0.2, 0) is 4.74 Å². The summed E-state index contributed by atoms with van der Waals surface area (Å²) in [6.07, 6.45) is 4.67. The van der Waals surface area contributed by atoms with E-state index < -0.39 is 0 Å². The summed E-state index contributed by atoms with van der Waals surface area (Å²) in [4.78, 5) is 23.0. The lowest BCUT2D eigenvalue weighted by Gasteiger charge is -2.49. The molecule has 2 aliphatic heterocycles. The van der Waals surface area contributed by atoms with E-state index in [1.807, 2.05) is 28.5 Å². The number of pyridine rings is 1. The van der Waals surface area contributed by atoms with E-state index in [-0.39, 0.29) is 17.4 Å². The average molecular weight is 359 g/mol. The lowest BCUT2D eigenvalue weighted by molar-refractivity contribution is -0.133. The van der Waals surface area contributed by atoms with Crippen LogP contribution in [0, 0.1) is 5.41 Å². The summed E-state index contributed by atoms with van der Waals surface area (Å²) in [5.74, 6) is 0.617. The van der Waals surface area contributed by atoms with Crippen LogP contribution in [-0.4, -0.2) is 53.2 Å². The summed E-state index contributed by atoms with van der Waals surface area (Å²) < 4.78 is 12.0. The van der Waals surface area contributed by atoms with E-state index in [0.29, 0.717) is 31.3 Å². The Kier molecular flexibility index (Phi) is 4.67. The molecule has 2 aromatic rings. The molecule has 0 aromatic carbocycles. The van der Waals surface area contributed by atoms with Crippen molar-refractivity contribution in [3.63, 3.8) is 0 Å². The second-order valence-electron chi connectivity index (χ2n) is 6.67. The Balaban J connectivity index is 1.51. The molecule has 7 heteroatoms. The van der Waals surface area contributed by atoms with Gasteiger partial charge in [-0.2, -0.15) is 0 Å². The number of hydrogen-bond acceptors (Lipinski definition) is 6. The van der Waals surface area contributed by atoms with Gasteiger partial charge in [0, 0.05) is 42.8 Å². The molecule has 2 aliphatic rings. The highest BCUT2D eigenvalue weighted by Crippen LogP contribution is 2.40. The van der Waals surface area contributed by atoms with Crippen LogP contribution in [0.3, 0.4) is 0 Å². The fourth-order valence-corrected chi connectivity index (χ4v) is 4.33. The first-order valence-electron chi connectivity index (χ1n) is 8.60. The predicted octanol–water partition coefficient (Wildman–Crippen LogP) is 2.63. The molecule has 4 rings (SSSR count). The molecule has 6 nitrogen and oxygen atoms in total. The zero-order valence-corrected chi connectivity index (χ0v) is 14.8. The Bertz CT molecular complexity index is 710. The van der Waals surface area contributed by atoms with Crippen molar-refractivity contribution in [2.45, 2.75) is 25.4 Å². The normalized spacial score (nSPS) is 26.1. The molecule has 0 radical (unpaired) electrons. The number of likely N-dealkylation sites (tertiary alicyclic amines) is 1. The molecule has 132 valence electrons. The number of piperidine rings is 1. The molecule has 2 fully saturated rings. The standard InChI is InChI=1S/C18H21N3O3S/c22-17(14-10-25-13-20-14)21-8-5-15-18(11-21,6-3-9-23-15)12-24-16-4-1-2-7-19-16/h1-2,4,7,10,13,15H,3,5-6,8-9,11-12H2/t15-,18-/m1/s1. The number of carbonyl (C=O) groups excluding carboxylic acids is 1. The van der Waals surface area contributed by atoms with Crippen LogP contribution in [0.15, 0.2) is 35.3 Å². The van der Waals surface area contributed by atoms with Gasteiger partial charge in [0.25, 0.3) is 5.91 Å². The van der Waals surface area contributed by atoms with Crippen LogP contribution in [0.1, 0.15) is 29.8 Å². The van der Waals surface area contributed by atoms with Crippen molar-refractivity contribution < 1.29 is 14.3 Å². The minimum atomic E-state index is -0.181. The third-order valence-electron chi connectivity index (χ3n) is 5.07. The van der Waals surface area contributed by atoms with Gasteiger partial charge in [0.2, 0.25) is 5.88 Å². The minimum Gasteiger partial charge on any atom is -0.477 e. The maximum absolute atomic E-state index is 12.7. The third-order valence-corrected chi connectivity index (χ3v) is 5.66. The number of fused-ring (bicyclic) bond motifs is 1. The van der Waals surface area contributed by atoms with Gasteiger partial charge < -0.3 is 14.4 Å². The summed E-state index contributed by atoms with van der Waals surface area (Å²) in [6, 6.07) is 5.64. The molecule has 0 spiro atoms. The first kappa shape index (κ1) is 16.5. The lowest BCUT2D eigenvalue weighted by Crippen LogP contribution is -2.58. The lowest BCUT2D eigenvalue weighted by atomic mass is 9.73. The van der Waals surface area contributed by atoms with Gasteiger partial charge in [-0.05, 0) is 25.3 Å². The zero-order chi connectivity index (χ0) is 17.1. The molecule has 0 N–H and O–H groups in total. The van der Waals surface area contributed by atoms with E-state index in [9.17, 15) is 4.79 Å². The van der Waals surface area contributed by atoms with Crippen molar-refractivity contribution in [3.05, 3.63) is 41.0 Å². The quantitative estimate of drug-likeness (QED) is 0.840. The number of hydrogen-bond donors (Lipinski definition) is 0. The molecule has 0 unspecified atom stereocenters. The Morgan fingerprint density at radius 3 is 3.20 bits per heavy atom. The van der Waals surface area contributed by atoms with Crippen molar-refractivity contribution in [1.82, 2.24) is 14.9 Å². The summed E-state index contributed by atoms with van der Waals surface area (Å²) in [5.41, 5.74) is 2.05. The number of ether oxygens (including phenoxy) is 2. The second kappa shape index (κ2) is 7.09. The van der Waals surface area contributed by atoms with Crippen molar-refractivity contribution in [3.8, 4) is 5.88 Å². The molecule has 0 aliphatic carbocycles. The summed E-state index contributed by atoms with van der Waals surface area (Å²) in [7, 11) is 0. The second-order valence-corrected chi connectivity index (χ2v) is 7.39. The molecule has 4 heterocycles. The smallest absolute Gasteiger partial charge is 0.273 e. The molecule has 25 heavy (non-hydrogen) atoms. The highest BCUT2D eigenvalue weighted by atomic mass is 32.1. The molecule has 2 atom stereocenters. The number of rotatable bonds is 4. The van der Waals surface area contributed by atoms with Crippen molar-refractivity contribution >= 4 is 17.2 Å². The molecule has 0 saturated carbocycles. The first-order valence-corrected chi connectivity index (χ1v) is 9.54. The van der Waals surface area contributed by atoms with Crippen LogP contribution in [0.5, 0.6) is 5.88 Å². The fourth-order valence-electron chi connectivity index (χ4n) is 3.80. The van der Waals surface area contributed by atoms with Crippen LogP contribution in [0.2, 0.25) is 0 Å². The van der Waals surface area contributed by atoms with Gasteiger partial charge in [-0.3, -0.25) is 4.79 Å². The molecule has 2 aromatic heterocycles.